The summed E-state index contributed by atoms with van der Waals surface area (Å²) in [4.78, 5) is 31.6. The molecule has 1 aliphatic heterocycles. The Morgan fingerprint density at radius 2 is 1.64 bits per heavy atom. The van der Waals surface area contributed by atoms with E-state index in [9.17, 15) is 9.59 Å². The normalized spacial score (nSPS) is 13.7. The number of pyridine rings is 1. The van der Waals surface area contributed by atoms with Gasteiger partial charge < -0.3 is 24.4 Å². The smallest absolute Gasteiger partial charge is 0.254 e. The average Bonchev–Trinajstić information content (AvgIpc) is 2.95. The highest BCUT2D eigenvalue weighted by molar-refractivity contribution is 5.95. The molecule has 8 heteroatoms. The summed E-state index contributed by atoms with van der Waals surface area (Å²) in [6.45, 7) is 1.96. The third-order valence-electron chi connectivity index (χ3n) is 6.27. The second-order valence-corrected chi connectivity index (χ2v) is 8.68. The van der Waals surface area contributed by atoms with Crippen molar-refractivity contribution >= 4 is 11.8 Å². The summed E-state index contributed by atoms with van der Waals surface area (Å²) in [6.07, 6.45) is 4.76. The van der Waals surface area contributed by atoms with E-state index in [2.05, 4.69) is 10.3 Å². The topological polar surface area (TPSA) is 90.0 Å². The molecule has 8 nitrogen and oxygen atoms in total. The summed E-state index contributed by atoms with van der Waals surface area (Å²) in [6, 6.07) is 16.7. The van der Waals surface area contributed by atoms with Gasteiger partial charge in [-0.1, -0.05) is 18.2 Å². The van der Waals surface area contributed by atoms with Crippen molar-refractivity contribution in [1.29, 1.82) is 0 Å². The van der Waals surface area contributed by atoms with Crippen LogP contribution in [-0.4, -0.2) is 49.0 Å². The number of aromatic nitrogens is 1. The highest BCUT2D eigenvalue weighted by Crippen LogP contribution is 2.25. The Bertz CT molecular complexity index is 1140. The Morgan fingerprint density at radius 1 is 0.944 bits per heavy atom. The molecule has 4 rings (SSSR count). The summed E-state index contributed by atoms with van der Waals surface area (Å²) < 4.78 is 16.3. The Morgan fingerprint density at radius 3 is 2.25 bits per heavy atom. The molecule has 1 fully saturated rings. The number of carbonyl (C=O) groups is 2. The molecule has 3 aromatic rings. The van der Waals surface area contributed by atoms with Crippen molar-refractivity contribution in [3.05, 3.63) is 83.7 Å². The fraction of sp³-hybridized carbons (Fsp3) is 0.321. The van der Waals surface area contributed by atoms with E-state index >= 15 is 0 Å². The zero-order valence-corrected chi connectivity index (χ0v) is 20.6. The molecular weight excluding hydrogens is 458 g/mol. The highest BCUT2D eigenvalue weighted by Gasteiger charge is 2.28. The summed E-state index contributed by atoms with van der Waals surface area (Å²) in [5.41, 5.74) is 2.52. The Labute approximate surface area is 211 Å². The Kier molecular flexibility index (Phi) is 8.39. The van der Waals surface area contributed by atoms with Crippen molar-refractivity contribution in [2.24, 2.45) is 5.92 Å². The maximum absolute atomic E-state index is 13.0. The number of amides is 2. The van der Waals surface area contributed by atoms with Gasteiger partial charge in [0.2, 0.25) is 5.91 Å². The third-order valence-corrected chi connectivity index (χ3v) is 6.27. The predicted octanol–water partition coefficient (Wildman–Crippen LogP) is 3.85. The van der Waals surface area contributed by atoms with E-state index in [4.69, 9.17) is 14.2 Å². The second-order valence-electron chi connectivity index (χ2n) is 8.68. The average molecular weight is 490 g/mol. The number of methoxy groups -OCH3 is 2. The van der Waals surface area contributed by atoms with E-state index in [0.29, 0.717) is 56.1 Å². The number of likely N-dealkylation sites (tertiary alicyclic amines) is 1. The summed E-state index contributed by atoms with van der Waals surface area (Å²) >= 11 is 0. The molecule has 0 atom stereocenters. The molecule has 1 saturated heterocycles. The van der Waals surface area contributed by atoms with Crippen LogP contribution in [0.2, 0.25) is 0 Å². The lowest BCUT2D eigenvalue weighted by atomic mass is 9.95. The molecule has 0 saturated carbocycles. The molecule has 2 aromatic carbocycles. The fourth-order valence-corrected chi connectivity index (χ4v) is 4.15. The minimum atomic E-state index is -0.115. The SMILES string of the molecule is COc1cc(OC)cc(C(=O)N2CCC(C(=O)NCc3ccc(OCc4cccnc4)cc3)CC2)c1. The number of hydrogen-bond donors (Lipinski definition) is 1. The van der Waals surface area contributed by atoms with E-state index in [1.54, 1.807) is 49.7 Å². The molecule has 0 unspecified atom stereocenters. The Hall–Kier alpha value is -4.07. The summed E-state index contributed by atoms with van der Waals surface area (Å²) in [7, 11) is 3.11. The summed E-state index contributed by atoms with van der Waals surface area (Å²) in [5.74, 6) is 1.72. The molecule has 1 aliphatic rings. The molecule has 36 heavy (non-hydrogen) atoms. The molecular formula is C28H31N3O5. The maximum Gasteiger partial charge on any atom is 0.254 e. The first-order chi connectivity index (χ1) is 17.6. The van der Waals surface area contributed by atoms with Gasteiger partial charge in [-0.25, -0.2) is 0 Å². The van der Waals surface area contributed by atoms with Crippen LogP contribution in [0.25, 0.3) is 0 Å². The van der Waals surface area contributed by atoms with Crippen LogP contribution in [-0.2, 0) is 17.9 Å². The zero-order chi connectivity index (χ0) is 25.3. The van der Waals surface area contributed by atoms with Crippen LogP contribution in [0, 0.1) is 5.92 Å². The van der Waals surface area contributed by atoms with Gasteiger partial charge >= 0.3 is 0 Å². The van der Waals surface area contributed by atoms with E-state index in [-0.39, 0.29) is 17.7 Å². The van der Waals surface area contributed by atoms with Crippen molar-refractivity contribution in [2.75, 3.05) is 27.3 Å². The highest BCUT2D eigenvalue weighted by atomic mass is 16.5. The minimum absolute atomic E-state index is 0.0158. The van der Waals surface area contributed by atoms with Crippen LogP contribution >= 0.6 is 0 Å². The van der Waals surface area contributed by atoms with Gasteiger partial charge in [0.15, 0.2) is 0 Å². The molecule has 188 valence electrons. The fourth-order valence-electron chi connectivity index (χ4n) is 4.15. The molecule has 0 spiro atoms. The zero-order valence-electron chi connectivity index (χ0n) is 20.6. The van der Waals surface area contributed by atoms with Crippen LogP contribution in [0.1, 0.15) is 34.3 Å². The first-order valence-electron chi connectivity index (χ1n) is 12.0. The lowest BCUT2D eigenvalue weighted by Gasteiger charge is -2.31. The van der Waals surface area contributed by atoms with Gasteiger partial charge in [0.05, 0.1) is 14.2 Å². The largest absolute Gasteiger partial charge is 0.497 e. The van der Waals surface area contributed by atoms with Crippen LogP contribution in [0.4, 0.5) is 0 Å². The van der Waals surface area contributed by atoms with E-state index in [1.807, 2.05) is 36.4 Å². The van der Waals surface area contributed by atoms with Gasteiger partial charge in [-0.2, -0.15) is 0 Å². The van der Waals surface area contributed by atoms with Crippen molar-refractivity contribution < 1.29 is 23.8 Å². The van der Waals surface area contributed by atoms with E-state index in [1.165, 1.54) is 0 Å². The first kappa shape index (κ1) is 25.0. The lowest BCUT2D eigenvalue weighted by Crippen LogP contribution is -2.42. The van der Waals surface area contributed by atoms with Gasteiger partial charge in [0.1, 0.15) is 23.9 Å². The van der Waals surface area contributed by atoms with E-state index < -0.39 is 0 Å². The lowest BCUT2D eigenvalue weighted by molar-refractivity contribution is -0.126. The predicted molar refractivity (Wildman–Crippen MR) is 135 cm³/mol. The van der Waals surface area contributed by atoms with E-state index in [0.717, 1.165) is 16.9 Å². The van der Waals surface area contributed by atoms with Crippen molar-refractivity contribution in [1.82, 2.24) is 15.2 Å². The number of nitrogens with zero attached hydrogens (tertiary/aromatic N) is 2. The molecule has 0 radical (unpaired) electrons. The monoisotopic (exact) mass is 489 g/mol. The number of piperidine rings is 1. The van der Waals surface area contributed by atoms with Gasteiger partial charge in [-0.05, 0) is 48.7 Å². The van der Waals surface area contributed by atoms with Crippen molar-refractivity contribution in [2.45, 2.75) is 26.0 Å². The Balaban J connectivity index is 1.23. The van der Waals surface area contributed by atoms with Gasteiger partial charge in [0.25, 0.3) is 5.91 Å². The van der Waals surface area contributed by atoms with Crippen molar-refractivity contribution in [3.8, 4) is 17.2 Å². The summed E-state index contributed by atoms with van der Waals surface area (Å²) in [5, 5.41) is 3.03. The number of ether oxygens (including phenoxy) is 3. The van der Waals surface area contributed by atoms with Crippen LogP contribution < -0.4 is 19.5 Å². The maximum atomic E-state index is 13.0. The molecule has 0 bridgehead atoms. The molecule has 0 aliphatic carbocycles. The van der Waals surface area contributed by atoms with Crippen LogP contribution in [0.5, 0.6) is 17.2 Å². The van der Waals surface area contributed by atoms with Crippen LogP contribution in [0.15, 0.2) is 67.0 Å². The molecule has 2 heterocycles. The standard InChI is InChI=1S/C28H31N3O5/c1-34-25-14-23(15-26(16-25)35-2)28(33)31-12-9-22(10-13-31)27(32)30-18-20-5-7-24(8-6-20)36-19-21-4-3-11-29-17-21/h3-8,11,14-17,22H,9-10,12-13,18-19H2,1-2H3,(H,30,32). The number of rotatable bonds is 9. The third kappa shape index (κ3) is 6.53. The first-order valence-corrected chi connectivity index (χ1v) is 12.0. The van der Waals surface area contributed by atoms with Crippen molar-refractivity contribution in [3.63, 3.8) is 0 Å². The molecule has 1 N–H and O–H groups in total. The van der Waals surface area contributed by atoms with Crippen LogP contribution in [0.3, 0.4) is 0 Å². The number of hydrogen-bond acceptors (Lipinski definition) is 6. The van der Waals surface area contributed by atoms with Gasteiger partial charge in [0, 0.05) is 55.1 Å². The second kappa shape index (κ2) is 12.1. The quantitative estimate of drug-likeness (QED) is 0.491. The number of nitrogens with one attached hydrogen (secondary N) is 1. The minimum Gasteiger partial charge on any atom is -0.497 e. The van der Waals surface area contributed by atoms with Gasteiger partial charge in [-0.3, -0.25) is 14.6 Å². The number of carbonyl (C=O) groups excluding carboxylic acids is 2. The van der Waals surface area contributed by atoms with Gasteiger partial charge in [-0.15, -0.1) is 0 Å². The molecule has 1 aromatic heterocycles. The number of benzene rings is 2. The molecule has 2 amide bonds.